The fourth-order valence-electron chi connectivity index (χ4n) is 1.04. The lowest BCUT2D eigenvalue weighted by molar-refractivity contribution is -0.146. The standard InChI is InChI=1S/C10H12N2O4/c1-6-3-2-4-7(12-6)9(14)11-5-8(13)10(15)16/h2-4,8,13H,5H2,1H3,(H,11,14)(H,15,16). The van der Waals surface area contributed by atoms with E-state index < -0.39 is 18.0 Å². The number of amides is 1. The highest BCUT2D eigenvalue weighted by molar-refractivity contribution is 5.92. The summed E-state index contributed by atoms with van der Waals surface area (Å²) in [7, 11) is 0. The second-order valence-corrected chi connectivity index (χ2v) is 3.23. The first-order chi connectivity index (χ1) is 7.50. The van der Waals surface area contributed by atoms with Crippen LogP contribution in [0.15, 0.2) is 18.2 Å². The summed E-state index contributed by atoms with van der Waals surface area (Å²) < 4.78 is 0. The molecule has 1 atom stereocenters. The van der Waals surface area contributed by atoms with Gasteiger partial charge < -0.3 is 15.5 Å². The van der Waals surface area contributed by atoms with Crippen LogP contribution >= 0.6 is 0 Å². The summed E-state index contributed by atoms with van der Waals surface area (Å²) in [5.41, 5.74) is 0.879. The fourth-order valence-corrected chi connectivity index (χ4v) is 1.04. The molecule has 6 heteroatoms. The van der Waals surface area contributed by atoms with Crippen LogP contribution in [0.1, 0.15) is 16.2 Å². The lowest BCUT2D eigenvalue weighted by atomic mass is 10.3. The number of aryl methyl sites for hydroxylation is 1. The molecule has 0 saturated heterocycles. The number of aliphatic carboxylic acids is 1. The Morgan fingerprint density at radius 1 is 1.50 bits per heavy atom. The van der Waals surface area contributed by atoms with Crippen molar-refractivity contribution in [1.29, 1.82) is 0 Å². The van der Waals surface area contributed by atoms with Crippen molar-refractivity contribution in [2.24, 2.45) is 0 Å². The first-order valence-corrected chi connectivity index (χ1v) is 4.63. The second-order valence-electron chi connectivity index (χ2n) is 3.23. The van der Waals surface area contributed by atoms with Crippen LogP contribution in [-0.2, 0) is 4.79 Å². The Labute approximate surface area is 91.9 Å². The van der Waals surface area contributed by atoms with E-state index in [0.717, 1.165) is 0 Å². The number of carboxylic acid groups (broad SMARTS) is 1. The summed E-state index contributed by atoms with van der Waals surface area (Å²) >= 11 is 0. The highest BCUT2D eigenvalue weighted by atomic mass is 16.4. The number of aliphatic hydroxyl groups excluding tert-OH is 1. The number of pyridine rings is 1. The molecule has 6 nitrogen and oxygen atoms in total. The Hall–Kier alpha value is -1.95. The van der Waals surface area contributed by atoms with E-state index in [2.05, 4.69) is 10.3 Å². The van der Waals surface area contributed by atoms with E-state index in [-0.39, 0.29) is 12.2 Å². The summed E-state index contributed by atoms with van der Waals surface area (Å²) in [5.74, 6) is -1.89. The van der Waals surface area contributed by atoms with Crippen molar-refractivity contribution < 1.29 is 19.8 Å². The number of hydrogen-bond acceptors (Lipinski definition) is 4. The molecule has 0 aliphatic rings. The number of carboxylic acids is 1. The Bertz CT molecular complexity index is 406. The Kier molecular flexibility index (Phi) is 3.96. The number of rotatable bonds is 4. The lowest BCUT2D eigenvalue weighted by Gasteiger charge is -2.07. The van der Waals surface area contributed by atoms with Gasteiger partial charge in [0.25, 0.3) is 5.91 Å². The SMILES string of the molecule is Cc1cccc(C(=O)NCC(O)C(=O)O)n1. The van der Waals surface area contributed by atoms with Gasteiger partial charge in [0.2, 0.25) is 0 Å². The van der Waals surface area contributed by atoms with E-state index in [4.69, 9.17) is 10.2 Å². The number of hydrogen-bond donors (Lipinski definition) is 3. The van der Waals surface area contributed by atoms with E-state index in [1.165, 1.54) is 6.07 Å². The Morgan fingerprint density at radius 2 is 2.19 bits per heavy atom. The van der Waals surface area contributed by atoms with Crippen molar-refractivity contribution >= 4 is 11.9 Å². The van der Waals surface area contributed by atoms with E-state index in [1.54, 1.807) is 19.1 Å². The zero-order valence-corrected chi connectivity index (χ0v) is 8.67. The zero-order chi connectivity index (χ0) is 12.1. The van der Waals surface area contributed by atoms with Gasteiger partial charge in [-0.15, -0.1) is 0 Å². The van der Waals surface area contributed by atoms with E-state index in [9.17, 15) is 9.59 Å². The topological polar surface area (TPSA) is 99.5 Å². The van der Waals surface area contributed by atoms with Gasteiger partial charge in [-0.3, -0.25) is 4.79 Å². The van der Waals surface area contributed by atoms with Crippen LogP contribution in [0.4, 0.5) is 0 Å². The highest BCUT2D eigenvalue weighted by Gasteiger charge is 2.15. The molecule has 1 unspecified atom stereocenters. The quantitative estimate of drug-likeness (QED) is 0.644. The molecule has 1 aromatic rings. The fraction of sp³-hybridized carbons (Fsp3) is 0.300. The number of carbonyl (C=O) groups is 2. The van der Waals surface area contributed by atoms with Crippen molar-refractivity contribution in [1.82, 2.24) is 10.3 Å². The minimum atomic E-state index is -1.60. The largest absolute Gasteiger partial charge is 0.479 e. The predicted octanol–water partition coefficient (Wildman–Crippen LogP) is -0.435. The van der Waals surface area contributed by atoms with Gasteiger partial charge in [0, 0.05) is 5.69 Å². The third-order valence-corrected chi connectivity index (χ3v) is 1.86. The van der Waals surface area contributed by atoms with Gasteiger partial charge in [0.05, 0.1) is 6.54 Å². The van der Waals surface area contributed by atoms with Crippen molar-refractivity contribution in [3.8, 4) is 0 Å². The number of aromatic nitrogens is 1. The van der Waals surface area contributed by atoms with Gasteiger partial charge in [0.15, 0.2) is 6.10 Å². The molecule has 0 aliphatic carbocycles. The van der Waals surface area contributed by atoms with Crippen LogP contribution in [0.2, 0.25) is 0 Å². The average Bonchev–Trinajstić information content (AvgIpc) is 2.25. The number of aliphatic hydroxyl groups is 1. The average molecular weight is 224 g/mol. The summed E-state index contributed by atoms with van der Waals surface area (Å²) in [5, 5.41) is 19.6. The normalized spacial score (nSPS) is 11.9. The molecule has 0 saturated carbocycles. The Balaban J connectivity index is 2.56. The van der Waals surface area contributed by atoms with Crippen molar-refractivity contribution in [2.45, 2.75) is 13.0 Å². The first-order valence-electron chi connectivity index (χ1n) is 4.63. The van der Waals surface area contributed by atoms with Gasteiger partial charge in [-0.25, -0.2) is 9.78 Å². The molecular weight excluding hydrogens is 212 g/mol. The molecule has 0 radical (unpaired) electrons. The molecular formula is C10H12N2O4. The monoisotopic (exact) mass is 224 g/mol. The molecule has 0 aromatic carbocycles. The predicted molar refractivity (Wildman–Crippen MR) is 54.9 cm³/mol. The maximum Gasteiger partial charge on any atom is 0.334 e. The van der Waals surface area contributed by atoms with Gasteiger partial charge >= 0.3 is 5.97 Å². The Morgan fingerprint density at radius 3 is 2.75 bits per heavy atom. The van der Waals surface area contributed by atoms with Crippen LogP contribution in [0, 0.1) is 6.92 Å². The molecule has 3 N–H and O–H groups in total. The molecule has 16 heavy (non-hydrogen) atoms. The number of nitrogens with one attached hydrogen (secondary N) is 1. The highest BCUT2D eigenvalue weighted by Crippen LogP contribution is 1.97. The van der Waals surface area contributed by atoms with Crippen molar-refractivity contribution in [3.05, 3.63) is 29.6 Å². The molecule has 1 aromatic heterocycles. The van der Waals surface area contributed by atoms with Gasteiger partial charge in [-0.1, -0.05) is 6.07 Å². The van der Waals surface area contributed by atoms with Crippen LogP contribution in [0.25, 0.3) is 0 Å². The van der Waals surface area contributed by atoms with E-state index in [0.29, 0.717) is 5.69 Å². The van der Waals surface area contributed by atoms with Gasteiger partial charge in [-0.2, -0.15) is 0 Å². The molecule has 0 fully saturated rings. The van der Waals surface area contributed by atoms with E-state index in [1.807, 2.05) is 0 Å². The molecule has 1 amide bonds. The molecule has 1 rings (SSSR count). The number of nitrogens with zero attached hydrogens (tertiary/aromatic N) is 1. The number of carbonyl (C=O) groups excluding carboxylic acids is 1. The molecule has 0 bridgehead atoms. The van der Waals surface area contributed by atoms with Crippen LogP contribution in [-0.4, -0.2) is 39.7 Å². The van der Waals surface area contributed by atoms with Gasteiger partial charge in [0.1, 0.15) is 5.69 Å². The second kappa shape index (κ2) is 5.22. The van der Waals surface area contributed by atoms with Crippen LogP contribution < -0.4 is 5.32 Å². The maximum absolute atomic E-state index is 11.4. The maximum atomic E-state index is 11.4. The van der Waals surface area contributed by atoms with Crippen LogP contribution in [0.5, 0.6) is 0 Å². The first kappa shape index (κ1) is 12.1. The lowest BCUT2D eigenvalue weighted by Crippen LogP contribution is -2.36. The third-order valence-electron chi connectivity index (χ3n) is 1.86. The minimum Gasteiger partial charge on any atom is -0.479 e. The summed E-state index contributed by atoms with van der Waals surface area (Å²) in [4.78, 5) is 25.7. The molecule has 0 aliphatic heterocycles. The molecule has 1 heterocycles. The molecule has 0 spiro atoms. The molecule has 86 valence electrons. The van der Waals surface area contributed by atoms with Gasteiger partial charge in [-0.05, 0) is 19.1 Å². The zero-order valence-electron chi connectivity index (χ0n) is 8.67. The van der Waals surface area contributed by atoms with E-state index >= 15 is 0 Å². The third kappa shape index (κ3) is 3.32. The van der Waals surface area contributed by atoms with Crippen molar-refractivity contribution in [3.63, 3.8) is 0 Å². The summed E-state index contributed by atoms with van der Waals surface area (Å²) in [6.45, 7) is 1.40. The minimum absolute atomic E-state index is 0.192. The summed E-state index contributed by atoms with van der Waals surface area (Å²) in [6.07, 6.45) is -1.60. The summed E-state index contributed by atoms with van der Waals surface area (Å²) in [6, 6.07) is 4.92. The van der Waals surface area contributed by atoms with Crippen LogP contribution in [0.3, 0.4) is 0 Å². The smallest absolute Gasteiger partial charge is 0.334 e. The van der Waals surface area contributed by atoms with Crippen molar-refractivity contribution in [2.75, 3.05) is 6.54 Å².